The second-order valence-electron chi connectivity index (χ2n) is 8.19. The van der Waals surface area contributed by atoms with Crippen molar-refractivity contribution in [3.05, 3.63) is 53.4 Å². The van der Waals surface area contributed by atoms with Gasteiger partial charge in [0.1, 0.15) is 17.9 Å². The zero-order chi connectivity index (χ0) is 23.4. The number of rotatable bonds is 6. The van der Waals surface area contributed by atoms with E-state index in [1.54, 1.807) is 44.0 Å². The van der Waals surface area contributed by atoms with Crippen LogP contribution in [-0.4, -0.2) is 42.1 Å². The van der Waals surface area contributed by atoms with Gasteiger partial charge in [-0.15, -0.1) is 0 Å². The molecule has 1 aromatic carbocycles. The van der Waals surface area contributed by atoms with Crippen LogP contribution in [-0.2, 0) is 26.9 Å². The van der Waals surface area contributed by atoms with E-state index in [0.29, 0.717) is 5.70 Å². The van der Waals surface area contributed by atoms with E-state index in [9.17, 15) is 22.8 Å². The normalized spacial score (nSPS) is 16.6. The summed E-state index contributed by atoms with van der Waals surface area (Å²) in [6, 6.07) is 3.35. The Labute approximate surface area is 179 Å². The molecule has 2 rings (SSSR count). The summed E-state index contributed by atoms with van der Waals surface area (Å²) in [4.78, 5) is 26.2. The molecule has 0 saturated carbocycles. The first-order chi connectivity index (χ1) is 14.3. The summed E-state index contributed by atoms with van der Waals surface area (Å²) >= 11 is 0. The average Bonchev–Trinajstić information content (AvgIpc) is 2.62. The highest BCUT2D eigenvalue weighted by molar-refractivity contribution is 5.81. The summed E-state index contributed by atoms with van der Waals surface area (Å²) in [5.74, 6) is -0.982. The molecule has 9 heteroatoms. The number of allylic oxidation sites excluding steroid dienone is 1. The lowest BCUT2D eigenvalue weighted by atomic mass is 10.0. The van der Waals surface area contributed by atoms with Crippen molar-refractivity contribution in [1.29, 1.82) is 0 Å². The highest BCUT2D eigenvalue weighted by Crippen LogP contribution is 2.34. The van der Waals surface area contributed by atoms with Gasteiger partial charge in [-0.25, -0.2) is 0 Å². The van der Waals surface area contributed by atoms with Crippen molar-refractivity contribution in [2.45, 2.75) is 51.9 Å². The van der Waals surface area contributed by atoms with E-state index in [-0.39, 0.29) is 23.9 Å². The van der Waals surface area contributed by atoms with Crippen LogP contribution < -0.4 is 10.1 Å². The summed E-state index contributed by atoms with van der Waals surface area (Å²) < 4.78 is 50.2. The predicted molar refractivity (Wildman–Crippen MR) is 109 cm³/mol. The van der Waals surface area contributed by atoms with Crippen molar-refractivity contribution >= 4 is 11.9 Å². The molecule has 6 nitrogen and oxygen atoms in total. The average molecular weight is 440 g/mol. The third-order valence-electron chi connectivity index (χ3n) is 4.37. The van der Waals surface area contributed by atoms with Crippen LogP contribution in [0.3, 0.4) is 0 Å². The van der Waals surface area contributed by atoms with E-state index in [1.807, 2.05) is 6.92 Å². The number of carbonyl (C=O) groups is 2. The van der Waals surface area contributed by atoms with Crippen LogP contribution >= 0.6 is 0 Å². The lowest BCUT2D eigenvalue weighted by Crippen LogP contribution is -2.38. The number of nitrogens with one attached hydrogen (secondary N) is 1. The van der Waals surface area contributed by atoms with Crippen LogP contribution in [0.1, 0.15) is 38.8 Å². The minimum absolute atomic E-state index is 0.0289. The van der Waals surface area contributed by atoms with Crippen LogP contribution in [0.4, 0.5) is 13.2 Å². The number of benzene rings is 1. The number of hydrogen-bond acceptors (Lipinski definition) is 5. The predicted octanol–water partition coefficient (Wildman–Crippen LogP) is 3.82. The number of amides is 1. The monoisotopic (exact) mass is 440 g/mol. The molecule has 1 N–H and O–H groups in total. The molecule has 1 aliphatic rings. The number of esters is 1. The van der Waals surface area contributed by atoms with Gasteiger partial charge in [-0.05, 0) is 51.5 Å². The maximum Gasteiger partial charge on any atom is 0.416 e. The Hall–Kier alpha value is -2.97. The lowest BCUT2D eigenvalue weighted by Gasteiger charge is -2.30. The molecule has 0 aliphatic carbocycles. The van der Waals surface area contributed by atoms with Gasteiger partial charge in [0.2, 0.25) is 5.91 Å². The topological polar surface area (TPSA) is 67.9 Å². The number of methoxy groups -OCH3 is 1. The Bertz CT molecular complexity index is 886. The first-order valence-electron chi connectivity index (χ1n) is 9.70. The van der Waals surface area contributed by atoms with Gasteiger partial charge in [0.05, 0.1) is 24.8 Å². The summed E-state index contributed by atoms with van der Waals surface area (Å²) in [6.07, 6.45) is -0.0913. The minimum Gasteiger partial charge on any atom is -0.497 e. The maximum atomic E-state index is 13.3. The number of ether oxygens (including phenoxy) is 2. The fourth-order valence-electron chi connectivity index (χ4n) is 2.96. The zero-order valence-corrected chi connectivity index (χ0v) is 18.2. The quantitative estimate of drug-likeness (QED) is 0.682. The SMILES string of the molecule is COc1ccc(CC(=O)NC2=CN(CC(=O)OC(C)(C)C)C(C)C=C2)c(C(F)(F)F)c1. The minimum atomic E-state index is -4.62. The van der Waals surface area contributed by atoms with Crippen LogP contribution in [0.25, 0.3) is 0 Å². The van der Waals surface area contributed by atoms with Crippen LogP contribution in [0.5, 0.6) is 5.75 Å². The van der Waals surface area contributed by atoms with Crippen LogP contribution in [0.2, 0.25) is 0 Å². The van der Waals surface area contributed by atoms with Crippen molar-refractivity contribution in [1.82, 2.24) is 10.2 Å². The molecule has 0 fully saturated rings. The van der Waals surface area contributed by atoms with Crippen molar-refractivity contribution in [3.8, 4) is 5.75 Å². The van der Waals surface area contributed by atoms with E-state index in [0.717, 1.165) is 6.07 Å². The number of carbonyl (C=O) groups excluding carboxylic acids is 2. The molecule has 1 unspecified atom stereocenters. The fourth-order valence-corrected chi connectivity index (χ4v) is 2.96. The molecule has 0 saturated heterocycles. The number of nitrogens with zero attached hydrogens (tertiary/aromatic N) is 1. The molecule has 1 aromatic rings. The van der Waals surface area contributed by atoms with Gasteiger partial charge < -0.3 is 19.7 Å². The van der Waals surface area contributed by atoms with Crippen molar-refractivity contribution < 1.29 is 32.2 Å². The van der Waals surface area contributed by atoms with Crippen molar-refractivity contribution in [3.63, 3.8) is 0 Å². The fraction of sp³-hybridized carbons (Fsp3) is 0.455. The largest absolute Gasteiger partial charge is 0.497 e. The van der Waals surface area contributed by atoms with Crippen molar-refractivity contribution in [2.24, 2.45) is 0 Å². The molecule has 1 aliphatic heterocycles. The Morgan fingerprint density at radius 2 is 1.87 bits per heavy atom. The third-order valence-corrected chi connectivity index (χ3v) is 4.37. The second-order valence-corrected chi connectivity index (χ2v) is 8.19. The van der Waals surface area contributed by atoms with Gasteiger partial charge in [0.25, 0.3) is 0 Å². The van der Waals surface area contributed by atoms with Gasteiger partial charge in [-0.1, -0.05) is 12.1 Å². The smallest absolute Gasteiger partial charge is 0.416 e. The molecular weight excluding hydrogens is 413 g/mol. The van der Waals surface area contributed by atoms with Gasteiger partial charge in [0.15, 0.2) is 0 Å². The highest BCUT2D eigenvalue weighted by atomic mass is 19.4. The maximum absolute atomic E-state index is 13.3. The molecule has 1 amide bonds. The van der Waals surface area contributed by atoms with Gasteiger partial charge in [0, 0.05) is 12.2 Å². The van der Waals surface area contributed by atoms with Crippen LogP contribution in [0.15, 0.2) is 42.2 Å². The standard InChI is InChI=1S/C22H27F3N2O4/c1-14-6-8-16(12-27(14)13-20(29)31-21(2,3)4)26-19(28)10-15-7-9-17(30-5)11-18(15)22(23,24)25/h6-9,11-12,14H,10,13H2,1-5H3,(H,26,28). The molecule has 0 aromatic heterocycles. The first-order valence-corrected chi connectivity index (χ1v) is 9.70. The Morgan fingerprint density at radius 3 is 2.45 bits per heavy atom. The lowest BCUT2D eigenvalue weighted by molar-refractivity contribution is -0.155. The Balaban J connectivity index is 2.10. The Kier molecular flexibility index (Phi) is 7.41. The summed E-state index contributed by atoms with van der Waals surface area (Å²) in [5, 5.41) is 2.59. The number of alkyl halides is 3. The molecular formula is C22H27F3N2O4. The third kappa shape index (κ3) is 7.34. The summed E-state index contributed by atoms with van der Waals surface area (Å²) in [7, 11) is 1.27. The molecule has 1 atom stereocenters. The van der Waals surface area contributed by atoms with E-state index in [4.69, 9.17) is 9.47 Å². The molecule has 31 heavy (non-hydrogen) atoms. The number of hydrogen-bond donors (Lipinski definition) is 1. The van der Waals surface area contributed by atoms with E-state index in [2.05, 4.69) is 5.32 Å². The molecule has 170 valence electrons. The van der Waals surface area contributed by atoms with E-state index < -0.39 is 35.6 Å². The van der Waals surface area contributed by atoms with Gasteiger partial charge >= 0.3 is 12.1 Å². The molecule has 0 radical (unpaired) electrons. The van der Waals surface area contributed by atoms with Crippen LogP contribution in [0, 0.1) is 0 Å². The molecule has 0 spiro atoms. The van der Waals surface area contributed by atoms with E-state index in [1.165, 1.54) is 19.2 Å². The van der Waals surface area contributed by atoms with E-state index >= 15 is 0 Å². The van der Waals surface area contributed by atoms with Gasteiger partial charge in [-0.3, -0.25) is 9.59 Å². The summed E-state index contributed by atoms with van der Waals surface area (Å²) in [6.45, 7) is 7.13. The zero-order valence-electron chi connectivity index (χ0n) is 18.2. The summed E-state index contributed by atoms with van der Waals surface area (Å²) in [5.41, 5.74) is -1.34. The highest BCUT2D eigenvalue weighted by Gasteiger charge is 2.34. The Morgan fingerprint density at radius 1 is 1.19 bits per heavy atom. The van der Waals surface area contributed by atoms with Gasteiger partial charge in [-0.2, -0.15) is 13.2 Å². The molecule has 1 heterocycles. The second kappa shape index (κ2) is 9.45. The first kappa shape index (κ1) is 24.3. The molecule has 0 bridgehead atoms. The number of halogens is 3. The van der Waals surface area contributed by atoms with Crippen molar-refractivity contribution in [2.75, 3.05) is 13.7 Å².